The van der Waals surface area contributed by atoms with Gasteiger partial charge in [0.1, 0.15) is 11.4 Å². The molecular weight excluding hydrogens is 296 g/mol. The molecule has 1 aromatic heterocycles. The van der Waals surface area contributed by atoms with Gasteiger partial charge in [0.2, 0.25) is 0 Å². The molecule has 1 aromatic rings. The van der Waals surface area contributed by atoms with Crippen molar-refractivity contribution in [1.82, 2.24) is 19.4 Å². The number of carbonyl (C=O) groups excluding carboxylic acids is 2. The number of ether oxygens (including phenoxy) is 1. The van der Waals surface area contributed by atoms with Crippen LogP contribution in [-0.4, -0.2) is 56.2 Å². The van der Waals surface area contributed by atoms with E-state index in [1.54, 1.807) is 15.7 Å². The molecule has 0 bridgehead atoms. The summed E-state index contributed by atoms with van der Waals surface area (Å²) in [6.45, 7) is 9.28. The third-order valence-corrected chi connectivity index (χ3v) is 4.22. The molecule has 0 aliphatic carbocycles. The molecule has 0 unspecified atom stereocenters. The van der Waals surface area contributed by atoms with Crippen LogP contribution < -0.4 is 0 Å². The van der Waals surface area contributed by atoms with E-state index in [0.717, 1.165) is 24.4 Å². The maximum atomic E-state index is 12.5. The van der Waals surface area contributed by atoms with Crippen LogP contribution in [0.2, 0.25) is 0 Å². The van der Waals surface area contributed by atoms with E-state index in [-0.39, 0.29) is 18.2 Å². The second kappa shape index (κ2) is 5.54. The van der Waals surface area contributed by atoms with Gasteiger partial charge in [0.15, 0.2) is 0 Å². The molecule has 7 heteroatoms. The Morgan fingerprint density at radius 1 is 1.30 bits per heavy atom. The first-order valence-electron chi connectivity index (χ1n) is 8.08. The number of piperidine rings is 1. The number of carbonyl (C=O) groups is 2. The fourth-order valence-electron chi connectivity index (χ4n) is 3.16. The molecule has 0 aromatic carbocycles. The van der Waals surface area contributed by atoms with E-state index >= 15 is 0 Å². The van der Waals surface area contributed by atoms with E-state index in [9.17, 15) is 9.59 Å². The van der Waals surface area contributed by atoms with Crippen LogP contribution in [0.1, 0.15) is 45.1 Å². The van der Waals surface area contributed by atoms with Gasteiger partial charge in [-0.2, -0.15) is 0 Å². The fourth-order valence-corrected chi connectivity index (χ4v) is 3.16. The monoisotopic (exact) mass is 320 g/mol. The zero-order valence-corrected chi connectivity index (χ0v) is 14.2. The van der Waals surface area contributed by atoms with Gasteiger partial charge in [-0.15, -0.1) is 0 Å². The van der Waals surface area contributed by atoms with E-state index in [2.05, 4.69) is 4.98 Å². The first-order chi connectivity index (χ1) is 10.7. The van der Waals surface area contributed by atoms with E-state index in [1.165, 1.54) is 0 Å². The number of fused-ring (bicyclic) bond motifs is 1. The molecule has 7 nitrogen and oxygen atoms in total. The molecule has 0 radical (unpaired) electrons. The number of aryl methyl sites for hydroxylation is 1. The summed E-state index contributed by atoms with van der Waals surface area (Å²) in [7, 11) is 0. The number of amides is 2. The molecule has 2 amide bonds. The van der Waals surface area contributed by atoms with Gasteiger partial charge in [0.25, 0.3) is 0 Å². The van der Waals surface area contributed by atoms with Crippen molar-refractivity contribution in [1.29, 1.82) is 0 Å². The Labute approximate surface area is 136 Å². The second-order valence-corrected chi connectivity index (χ2v) is 7.28. The van der Waals surface area contributed by atoms with Crippen molar-refractivity contribution in [2.75, 3.05) is 13.1 Å². The Morgan fingerprint density at radius 3 is 2.52 bits per heavy atom. The van der Waals surface area contributed by atoms with Crippen LogP contribution >= 0.6 is 0 Å². The molecule has 2 aliphatic heterocycles. The smallest absolute Gasteiger partial charge is 0.410 e. The zero-order chi connectivity index (χ0) is 16.8. The van der Waals surface area contributed by atoms with Gasteiger partial charge in [-0.3, -0.25) is 4.57 Å². The Kier molecular flexibility index (Phi) is 3.82. The lowest BCUT2D eigenvalue weighted by Crippen LogP contribution is -2.48. The maximum absolute atomic E-state index is 12.5. The van der Waals surface area contributed by atoms with E-state index < -0.39 is 5.60 Å². The lowest BCUT2D eigenvalue weighted by atomic mass is 10.0. The quantitative estimate of drug-likeness (QED) is 0.797. The largest absolute Gasteiger partial charge is 0.444 e. The SMILES string of the molecule is Cc1cn2c(n1)CN(C1CCN(C(=O)OC(C)(C)C)CC1)C2=O. The van der Waals surface area contributed by atoms with Crippen LogP contribution in [0, 0.1) is 6.92 Å². The van der Waals surface area contributed by atoms with Crippen molar-refractivity contribution in [2.24, 2.45) is 0 Å². The molecule has 23 heavy (non-hydrogen) atoms. The highest BCUT2D eigenvalue weighted by Gasteiger charge is 2.36. The molecule has 0 spiro atoms. The van der Waals surface area contributed by atoms with E-state index in [1.807, 2.05) is 32.6 Å². The van der Waals surface area contributed by atoms with Crippen LogP contribution in [0.15, 0.2) is 6.20 Å². The molecule has 126 valence electrons. The molecule has 1 fully saturated rings. The number of hydrogen-bond donors (Lipinski definition) is 0. The Bertz CT molecular complexity index is 624. The van der Waals surface area contributed by atoms with Crippen LogP contribution in [0.3, 0.4) is 0 Å². The van der Waals surface area contributed by atoms with Crippen molar-refractivity contribution in [3.8, 4) is 0 Å². The number of imidazole rings is 1. The number of rotatable bonds is 1. The third-order valence-electron chi connectivity index (χ3n) is 4.22. The Hall–Kier alpha value is -2.05. The molecule has 3 heterocycles. The van der Waals surface area contributed by atoms with Gasteiger partial charge in [-0.05, 0) is 40.5 Å². The highest BCUT2D eigenvalue weighted by atomic mass is 16.6. The Morgan fingerprint density at radius 2 is 1.96 bits per heavy atom. The number of nitrogens with zero attached hydrogens (tertiary/aromatic N) is 4. The van der Waals surface area contributed by atoms with Crippen molar-refractivity contribution in [2.45, 2.75) is 58.7 Å². The molecule has 2 aliphatic rings. The van der Waals surface area contributed by atoms with Crippen LogP contribution in [0.5, 0.6) is 0 Å². The summed E-state index contributed by atoms with van der Waals surface area (Å²) in [5, 5.41) is 0. The summed E-state index contributed by atoms with van der Waals surface area (Å²) in [6, 6.07) is 0.152. The second-order valence-electron chi connectivity index (χ2n) is 7.28. The van der Waals surface area contributed by atoms with Crippen molar-refractivity contribution in [3.63, 3.8) is 0 Å². The summed E-state index contributed by atoms with van der Waals surface area (Å²) in [5.41, 5.74) is 0.388. The fraction of sp³-hybridized carbons (Fsp3) is 0.688. The normalized spacial score (nSPS) is 19.2. The first-order valence-corrected chi connectivity index (χ1v) is 8.08. The van der Waals surface area contributed by atoms with Crippen LogP contribution in [0.4, 0.5) is 9.59 Å². The van der Waals surface area contributed by atoms with Crippen molar-refractivity contribution in [3.05, 3.63) is 17.7 Å². The summed E-state index contributed by atoms with van der Waals surface area (Å²) in [6.07, 6.45) is 3.06. The molecular formula is C16H24N4O3. The van der Waals surface area contributed by atoms with Gasteiger partial charge < -0.3 is 14.5 Å². The average Bonchev–Trinajstić information content (AvgIpc) is 2.95. The topological polar surface area (TPSA) is 67.7 Å². The van der Waals surface area contributed by atoms with Crippen molar-refractivity contribution >= 4 is 12.1 Å². The summed E-state index contributed by atoms with van der Waals surface area (Å²) in [5.74, 6) is 0.807. The lowest BCUT2D eigenvalue weighted by Gasteiger charge is -2.36. The predicted molar refractivity (Wildman–Crippen MR) is 84.1 cm³/mol. The van der Waals surface area contributed by atoms with Gasteiger partial charge >= 0.3 is 12.1 Å². The molecule has 0 atom stereocenters. The van der Waals surface area contributed by atoms with Gasteiger partial charge in [-0.25, -0.2) is 14.6 Å². The minimum Gasteiger partial charge on any atom is -0.444 e. The van der Waals surface area contributed by atoms with E-state index in [0.29, 0.717) is 19.6 Å². The highest BCUT2D eigenvalue weighted by Crippen LogP contribution is 2.25. The Balaban J connectivity index is 1.57. The molecule has 1 saturated heterocycles. The molecule has 0 saturated carbocycles. The van der Waals surface area contributed by atoms with Crippen LogP contribution in [-0.2, 0) is 11.3 Å². The van der Waals surface area contributed by atoms with E-state index in [4.69, 9.17) is 4.74 Å². The minimum absolute atomic E-state index is 0.00341. The zero-order valence-electron chi connectivity index (χ0n) is 14.2. The number of hydrogen-bond acceptors (Lipinski definition) is 4. The predicted octanol–water partition coefficient (Wildman–Crippen LogP) is 2.37. The van der Waals surface area contributed by atoms with Crippen molar-refractivity contribution < 1.29 is 14.3 Å². The summed E-state index contributed by atoms with van der Waals surface area (Å²) < 4.78 is 7.04. The minimum atomic E-state index is -0.480. The third kappa shape index (κ3) is 3.18. The summed E-state index contributed by atoms with van der Waals surface area (Å²) in [4.78, 5) is 32.5. The lowest BCUT2D eigenvalue weighted by molar-refractivity contribution is 0.0165. The number of aromatic nitrogens is 2. The van der Waals surface area contributed by atoms with Gasteiger partial charge in [0.05, 0.1) is 12.2 Å². The molecule has 3 rings (SSSR count). The maximum Gasteiger partial charge on any atom is 0.410 e. The standard InChI is InChI=1S/C16H24N4O3/c1-11-9-20-13(17-11)10-19(14(20)21)12-5-7-18(8-6-12)15(22)23-16(2,3)4/h9,12H,5-8,10H2,1-4H3. The average molecular weight is 320 g/mol. The van der Waals surface area contributed by atoms with Crippen LogP contribution in [0.25, 0.3) is 0 Å². The number of likely N-dealkylation sites (tertiary alicyclic amines) is 1. The first kappa shape index (κ1) is 15.8. The molecule has 0 N–H and O–H groups in total. The van der Waals surface area contributed by atoms with Gasteiger partial charge in [0, 0.05) is 25.3 Å². The van der Waals surface area contributed by atoms with Gasteiger partial charge in [-0.1, -0.05) is 0 Å². The summed E-state index contributed by atoms with van der Waals surface area (Å²) >= 11 is 0. The highest BCUT2D eigenvalue weighted by molar-refractivity contribution is 5.80.